The Morgan fingerprint density at radius 3 is 2.56 bits per heavy atom. The van der Waals surface area contributed by atoms with E-state index in [2.05, 4.69) is 10.1 Å². The van der Waals surface area contributed by atoms with E-state index in [-0.39, 0.29) is 29.6 Å². The Labute approximate surface area is 182 Å². The molecule has 0 atom stereocenters. The first-order valence-corrected chi connectivity index (χ1v) is 9.75. The fraction of sp³-hybridized carbons (Fsp3) is 0.174. The Balaban J connectivity index is 1.58. The van der Waals surface area contributed by atoms with Crippen LogP contribution < -0.4 is 5.32 Å². The number of furan rings is 1. The quantitative estimate of drug-likeness (QED) is 0.373. The van der Waals surface area contributed by atoms with Crippen molar-refractivity contribution < 1.29 is 27.9 Å². The number of aryl methyl sites for hydroxylation is 1. The number of halogens is 1. The van der Waals surface area contributed by atoms with Gasteiger partial charge in [-0.25, -0.2) is 14.0 Å². The van der Waals surface area contributed by atoms with Crippen LogP contribution in [0.25, 0.3) is 11.8 Å². The standard InChI is InChI=1S/C23H20FN3O5/c1-13-10-15(14(2)27(13)17-6-4-16(24)5-7-17)11-19-21(28)26(23(30)25-19)12-18-8-9-20(32-18)22(29)31-3/h4-11H,12H2,1-3H3,(H,25,30)/b19-11-. The first-order chi connectivity index (χ1) is 15.3. The molecule has 0 saturated carbocycles. The van der Waals surface area contributed by atoms with E-state index in [4.69, 9.17) is 4.42 Å². The Kier molecular flexibility index (Phi) is 5.40. The van der Waals surface area contributed by atoms with E-state index in [0.717, 1.165) is 27.5 Å². The van der Waals surface area contributed by atoms with Gasteiger partial charge >= 0.3 is 12.0 Å². The number of nitrogens with one attached hydrogen (secondary N) is 1. The van der Waals surface area contributed by atoms with Crippen molar-refractivity contribution >= 4 is 24.0 Å². The molecule has 0 unspecified atom stereocenters. The van der Waals surface area contributed by atoms with Crippen LogP contribution in [-0.2, 0) is 16.1 Å². The maximum Gasteiger partial charge on any atom is 0.373 e. The zero-order chi connectivity index (χ0) is 23.0. The highest BCUT2D eigenvalue weighted by Gasteiger charge is 2.34. The second-order valence-corrected chi connectivity index (χ2v) is 7.28. The molecule has 1 aliphatic heterocycles. The van der Waals surface area contributed by atoms with Gasteiger partial charge in [-0.2, -0.15) is 0 Å². The molecule has 9 heteroatoms. The van der Waals surface area contributed by atoms with Gasteiger partial charge in [-0.1, -0.05) is 0 Å². The van der Waals surface area contributed by atoms with Crippen LogP contribution in [0.5, 0.6) is 0 Å². The summed E-state index contributed by atoms with van der Waals surface area (Å²) in [6.07, 6.45) is 1.60. The highest BCUT2D eigenvalue weighted by Crippen LogP contribution is 2.25. The lowest BCUT2D eigenvalue weighted by molar-refractivity contribution is -0.123. The molecular weight excluding hydrogens is 417 g/mol. The van der Waals surface area contributed by atoms with E-state index < -0.39 is 17.9 Å². The minimum atomic E-state index is -0.648. The number of hydrogen-bond acceptors (Lipinski definition) is 5. The third kappa shape index (κ3) is 3.80. The zero-order valence-electron chi connectivity index (χ0n) is 17.6. The van der Waals surface area contributed by atoms with Crippen LogP contribution in [0.3, 0.4) is 0 Å². The first-order valence-electron chi connectivity index (χ1n) is 9.75. The summed E-state index contributed by atoms with van der Waals surface area (Å²) in [6, 6.07) is 10.3. The van der Waals surface area contributed by atoms with Crippen LogP contribution in [0.15, 0.2) is 52.6 Å². The predicted molar refractivity (Wildman–Crippen MR) is 112 cm³/mol. The van der Waals surface area contributed by atoms with Crippen molar-refractivity contribution in [3.8, 4) is 5.69 Å². The topological polar surface area (TPSA) is 93.8 Å². The summed E-state index contributed by atoms with van der Waals surface area (Å²) in [5.41, 5.74) is 3.36. The Morgan fingerprint density at radius 2 is 1.88 bits per heavy atom. The molecule has 3 aromatic rings. The van der Waals surface area contributed by atoms with Gasteiger partial charge in [0.1, 0.15) is 17.3 Å². The molecule has 0 bridgehead atoms. The molecule has 0 spiro atoms. The van der Waals surface area contributed by atoms with Crippen molar-refractivity contribution in [2.24, 2.45) is 0 Å². The molecule has 1 fully saturated rings. The fourth-order valence-corrected chi connectivity index (χ4v) is 3.62. The summed E-state index contributed by atoms with van der Waals surface area (Å²) in [5, 5.41) is 2.57. The molecule has 3 amide bonds. The van der Waals surface area contributed by atoms with Gasteiger partial charge in [0.2, 0.25) is 5.76 Å². The number of hydrogen-bond donors (Lipinski definition) is 1. The number of carbonyl (C=O) groups is 3. The minimum Gasteiger partial charge on any atom is -0.463 e. The average molecular weight is 437 g/mol. The molecule has 1 saturated heterocycles. The smallest absolute Gasteiger partial charge is 0.373 e. The Hall–Kier alpha value is -4.14. The summed E-state index contributed by atoms with van der Waals surface area (Å²) < 4.78 is 25.1. The van der Waals surface area contributed by atoms with E-state index in [1.54, 1.807) is 18.2 Å². The lowest BCUT2D eigenvalue weighted by atomic mass is 10.2. The van der Waals surface area contributed by atoms with Gasteiger partial charge in [0.15, 0.2) is 0 Å². The van der Waals surface area contributed by atoms with E-state index in [9.17, 15) is 18.8 Å². The van der Waals surface area contributed by atoms with Gasteiger partial charge in [-0.15, -0.1) is 0 Å². The number of urea groups is 1. The number of amides is 3. The molecular formula is C23H20FN3O5. The fourth-order valence-electron chi connectivity index (χ4n) is 3.62. The summed E-state index contributed by atoms with van der Waals surface area (Å²) >= 11 is 0. The lowest BCUT2D eigenvalue weighted by Crippen LogP contribution is -2.30. The molecule has 0 aliphatic carbocycles. The minimum absolute atomic E-state index is 0.0152. The molecule has 32 heavy (non-hydrogen) atoms. The van der Waals surface area contributed by atoms with Crippen molar-refractivity contribution in [1.82, 2.24) is 14.8 Å². The monoisotopic (exact) mass is 437 g/mol. The third-order valence-electron chi connectivity index (χ3n) is 5.18. The van der Waals surface area contributed by atoms with Crippen molar-refractivity contribution in [1.29, 1.82) is 0 Å². The van der Waals surface area contributed by atoms with E-state index in [1.165, 1.54) is 31.4 Å². The Morgan fingerprint density at radius 1 is 1.16 bits per heavy atom. The predicted octanol–water partition coefficient (Wildman–Crippen LogP) is 3.71. The van der Waals surface area contributed by atoms with Crippen molar-refractivity contribution in [3.05, 3.63) is 82.5 Å². The number of benzene rings is 1. The average Bonchev–Trinajstić information content (AvgIpc) is 3.42. The summed E-state index contributed by atoms with van der Waals surface area (Å²) in [6.45, 7) is 3.64. The van der Waals surface area contributed by atoms with E-state index >= 15 is 0 Å². The maximum absolute atomic E-state index is 13.3. The van der Waals surface area contributed by atoms with Gasteiger partial charge < -0.3 is 19.0 Å². The van der Waals surface area contributed by atoms with Gasteiger partial charge in [-0.3, -0.25) is 9.69 Å². The third-order valence-corrected chi connectivity index (χ3v) is 5.18. The van der Waals surface area contributed by atoms with Crippen LogP contribution in [0, 0.1) is 19.7 Å². The number of imide groups is 1. The molecule has 8 nitrogen and oxygen atoms in total. The molecule has 164 valence electrons. The maximum atomic E-state index is 13.3. The van der Waals surface area contributed by atoms with Gasteiger partial charge in [-0.05, 0) is 68.0 Å². The molecule has 1 aliphatic rings. The summed E-state index contributed by atoms with van der Waals surface area (Å²) in [4.78, 5) is 37.7. The number of nitrogens with zero attached hydrogens (tertiary/aromatic N) is 2. The summed E-state index contributed by atoms with van der Waals surface area (Å²) in [7, 11) is 1.23. The van der Waals surface area contributed by atoms with Crippen LogP contribution in [0.4, 0.5) is 9.18 Å². The lowest BCUT2D eigenvalue weighted by Gasteiger charge is -2.09. The SMILES string of the molecule is COC(=O)c1ccc(CN2C(=O)N/C(=C\c3cc(C)n(-c4ccc(F)cc4)c3C)C2=O)o1. The molecule has 1 N–H and O–H groups in total. The highest BCUT2D eigenvalue weighted by molar-refractivity contribution is 6.13. The summed E-state index contributed by atoms with van der Waals surface area (Å²) in [5.74, 6) is -1.24. The molecule has 1 aromatic carbocycles. The number of ether oxygens (including phenoxy) is 1. The number of rotatable bonds is 5. The van der Waals surface area contributed by atoms with Crippen LogP contribution in [-0.4, -0.2) is 34.5 Å². The van der Waals surface area contributed by atoms with Crippen LogP contribution in [0.2, 0.25) is 0 Å². The highest BCUT2D eigenvalue weighted by atomic mass is 19.1. The van der Waals surface area contributed by atoms with E-state index in [1.807, 2.05) is 24.5 Å². The van der Waals surface area contributed by atoms with Crippen molar-refractivity contribution in [3.63, 3.8) is 0 Å². The molecule has 4 rings (SSSR count). The number of aromatic nitrogens is 1. The van der Waals surface area contributed by atoms with Gasteiger partial charge in [0, 0.05) is 17.1 Å². The molecule has 3 heterocycles. The second kappa shape index (κ2) is 8.18. The molecule has 2 aromatic heterocycles. The first kappa shape index (κ1) is 21.1. The van der Waals surface area contributed by atoms with Gasteiger partial charge in [0.25, 0.3) is 5.91 Å². The zero-order valence-corrected chi connectivity index (χ0v) is 17.6. The Bertz CT molecular complexity index is 1250. The van der Waals surface area contributed by atoms with Gasteiger partial charge in [0.05, 0.1) is 13.7 Å². The largest absolute Gasteiger partial charge is 0.463 e. The number of carbonyl (C=O) groups excluding carboxylic acids is 3. The van der Waals surface area contributed by atoms with Crippen LogP contribution in [0.1, 0.15) is 33.3 Å². The second-order valence-electron chi connectivity index (χ2n) is 7.28. The van der Waals surface area contributed by atoms with E-state index in [0.29, 0.717) is 0 Å². The normalized spacial score (nSPS) is 14.9. The number of esters is 1. The molecule has 0 radical (unpaired) electrons. The van der Waals surface area contributed by atoms with Crippen LogP contribution >= 0.6 is 0 Å². The van der Waals surface area contributed by atoms with Crippen molar-refractivity contribution in [2.45, 2.75) is 20.4 Å². The van der Waals surface area contributed by atoms with Crippen molar-refractivity contribution in [2.75, 3.05) is 7.11 Å². The number of methoxy groups -OCH3 is 1.